The average Bonchev–Trinajstić information content (AvgIpc) is 2.27. The van der Waals surface area contributed by atoms with Crippen molar-refractivity contribution in [3.05, 3.63) is 29.6 Å². The highest BCUT2D eigenvalue weighted by Gasteiger charge is 2.19. The van der Waals surface area contributed by atoms with Gasteiger partial charge in [-0.2, -0.15) is 0 Å². The van der Waals surface area contributed by atoms with Crippen LogP contribution in [-0.4, -0.2) is 23.1 Å². The standard InChI is InChI=1S/C12H14FNO4/c1-2-3-10(12(16)17)18-7-4-5-8(11(14)15)9(13)6-7/h4-6,10H,2-3H2,1H3,(H2,14,15)(H,16,17). The molecular weight excluding hydrogens is 241 g/mol. The minimum Gasteiger partial charge on any atom is -0.479 e. The van der Waals surface area contributed by atoms with Gasteiger partial charge < -0.3 is 15.6 Å². The SMILES string of the molecule is CCCC(Oc1ccc(C(N)=O)c(F)c1)C(=O)O. The van der Waals surface area contributed by atoms with Gasteiger partial charge in [-0.15, -0.1) is 0 Å². The predicted molar refractivity (Wildman–Crippen MR) is 61.9 cm³/mol. The van der Waals surface area contributed by atoms with Crippen molar-refractivity contribution in [3.63, 3.8) is 0 Å². The summed E-state index contributed by atoms with van der Waals surface area (Å²) in [5.41, 5.74) is 4.69. The Balaban J connectivity index is 2.88. The molecule has 1 aromatic carbocycles. The van der Waals surface area contributed by atoms with Crippen LogP contribution in [-0.2, 0) is 4.79 Å². The molecule has 1 aromatic rings. The molecule has 1 unspecified atom stereocenters. The molecule has 0 saturated heterocycles. The zero-order chi connectivity index (χ0) is 13.7. The van der Waals surface area contributed by atoms with E-state index in [-0.39, 0.29) is 11.3 Å². The van der Waals surface area contributed by atoms with Crippen molar-refractivity contribution in [2.24, 2.45) is 5.73 Å². The van der Waals surface area contributed by atoms with E-state index in [4.69, 9.17) is 15.6 Å². The van der Waals surface area contributed by atoms with Crippen LogP contribution in [0.25, 0.3) is 0 Å². The highest BCUT2D eigenvalue weighted by molar-refractivity contribution is 5.93. The molecule has 0 heterocycles. The van der Waals surface area contributed by atoms with Crippen molar-refractivity contribution in [3.8, 4) is 5.75 Å². The van der Waals surface area contributed by atoms with E-state index in [2.05, 4.69) is 0 Å². The monoisotopic (exact) mass is 255 g/mol. The lowest BCUT2D eigenvalue weighted by Crippen LogP contribution is -2.26. The Labute approximate surface area is 103 Å². The Morgan fingerprint density at radius 2 is 2.17 bits per heavy atom. The summed E-state index contributed by atoms with van der Waals surface area (Å²) in [6.07, 6.45) is -0.0957. The van der Waals surface area contributed by atoms with Gasteiger partial charge in [0, 0.05) is 6.07 Å². The third-order valence-electron chi connectivity index (χ3n) is 2.31. The molecule has 18 heavy (non-hydrogen) atoms. The predicted octanol–water partition coefficient (Wildman–Crippen LogP) is 1.56. The largest absolute Gasteiger partial charge is 0.479 e. The number of carbonyl (C=O) groups is 2. The number of hydrogen-bond donors (Lipinski definition) is 2. The summed E-state index contributed by atoms with van der Waals surface area (Å²) < 4.78 is 18.6. The molecule has 0 spiro atoms. The van der Waals surface area contributed by atoms with Crippen LogP contribution in [0.2, 0.25) is 0 Å². The van der Waals surface area contributed by atoms with Crippen LogP contribution in [0.5, 0.6) is 5.75 Å². The number of ether oxygens (including phenoxy) is 1. The zero-order valence-corrected chi connectivity index (χ0v) is 9.85. The first-order chi connectivity index (χ1) is 8.45. The maximum atomic E-state index is 13.4. The van der Waals surface area contributed by atoms with Gasteiger partial charge in [-0.3, -0.25) is 4.79 Å². The summed E-state index contributed by atoms with van der Waals surface area (Å²) in [4.78, 5) is 21.7. The maximum Gasteiger partial charge on any atom is 0.344 e. The molecule has 5 nitrogen and oxygen atoms in total. The minimum absolute atomic E-state index is 0.0540. The summed E-state index contributed by atoms with van der Waals surface area (Å²) in [6.45, 7) is 1.82. The van der Waals surface area contributed by atoms with Crippen LogP contribution >= 0.6 is 0 Å². The first-order valence-corrected chi connectivity index (χ1v) is 5.44. The van der Waals surface area contributed by atoms with Crippen molar-refractivity contribution in [1.29, 1.82) is 0 Å². The highest BCUT2D eigenvalue weighted by Crippen LogP contribution is 2.19. The summed E-state index contributed by atoms with van der Waals surface area (Å²) in [5.74, 6) is -2.78. The number of carboxylic acids is 1. The zero-order valence-electron chi connectivity index (χ0n) is 9.85. The molecule has 6 heteroatoms. The van der Waals surface area contributed by atoms with Gasteiger partial charge in [0.25, 0.3) is 5.91 Å². The molecule has 0 fully saturated rings. The lowest BCUT2D eigenvalue weighted by molar-refractivity contribution is -0.145. The van der Waals surface area contributed by atoms with Crippen molar-refractivity contribution >= 4 is 11.9 Å². The molecule has 0 aromatic heterocycles. The lowest BCUT2D eigenvalue weighted by Gasteiger charge is -2.14. The van der Waals surface area contributed by atoms with Gasteiger partial charge in [-0.05, 0) is 18.6 Å². The van der Waals surface area contributed by atoms with E-state index in [0.717, 1.165) is 12.1 Å². The van der Waals surface area contributed by atoms with Gasteiger partial charge in [-0.25, -0.2) is 9.18 Å². The normalized spacial score (nSPS) is 11.9. The van der Waals surface area contributed by atoms with E-state index >= 15 is 0 Å². The van der Waals surface area contributed by atoms with Gasteiger partial charge in [0.1, 0.15) is 11.6 Å². The molecule has 0 aliphatic heterocycles. The quantitative estimate of drug-likeness (QED) is 0.807. The second-order valence-electron chi connectivity index (χ2n) is 3.74. The van der Waals surface area contributed by atoms with E-state index in [9.17, 15) is 14.0 Å². The molecule has 0 aliphatic carbocycles. The average molecular weight is 255 g/mol. The second kappa shape index (κ2) is 6.00. The van der Waals surface area contributed by atoms with E-state index in [1.807, 2.05) is 6.92 Å². The van der Waals surface area contributed by atoms with E-state index < -0.39 is 23.8 Å². The van der Waals surface area contributed by atoms with Crippen LogP contribution in [0.1, 0.15) is 30.1 Å². The molecule has 1 rings (SSSR count). The lowest BCUT2D eigenvalue weighted by atomic mass is 10.2. The summed E-state index contributed by atoms with van der Waals surface area (Å²) in [6, 6.07) is 3.43. The minimum atomic E-state index is -1.11. The van der Waals surface area contributed by atoms with Crippen molar-refractivity contribution < 1.29 is 23.8 Å². The Bertz CT molecular complexity index is 461. The molecule has 0 saturated carbocycles. The van der Waals surface area contributed by atoms with E-state index in [1.165, 1.54) is 6.07 Å². The number of aliphatic carboxylic acids is 1. The Kier molecular flexibility index (Phi) is 4.65. The number of primary amides is 1. The third kappa shape index (κ3) is 3.44. The number of nitrogens with two attached hydrogens (primary N) is 1. The topological polar surface area (TPSA) is 89.6 Å². The fraction of sp³-hybridized carbons (Fsp3) is 0.333. The number of hydrogen-bond acceptors (Lipinski definition) is 3. The first-order valence-electron chi connectivity index (χ1n) is 5.44. The van der Waals surface area contributed by atoms with Gasteiger partial charge in [0.2, 0.25) is 0 Å². The maximum absolute atomic E-state index is 13.4. The number of rotatable bonds is 6. The Hall–Kier alpha value is -2.11. The number of carboxylic acid groups (broad SMARTS) is 1. The van der Waals surface area contributed by atoms with Crippen molar-refractivity contribution in [2.45, 2.75) is 25.9 Å². The van der Waals surface area contributed by atoms with Gasteiger partial charge in [0.05, 0.1) is 5.56 Å². The van der Waals surface area contributed by atoms with Crippen LogP contribution in [0.15, 0.2) is 18.2 Å². The van der Waals surface area contributed by atoms with Crippen LogP contribution < -0.4 is 10.5 Å². The highest BCUT2D eigenvalue weighted by atomic mass is 19.1. The molecule has 0 aliphatic rings. The van der Waals surface area contributed by atoms with Crippen molar-refractivity contribution in [2.75, 3.05) is 0 Å². The summed E-state index contributed by atoms with van der Waals surface area (Å²) >= 11 is 0. The molecular formula is C12H14FNO4. The molecule has 3 N–H and O–H groups in total. The fourth-order valence-corrected chi connectivity index (χ4v) is 1.43. The first kappa shape index (κ1) is 14.0. The van der Waals surface area contributed by atoms with Crippen LogP contribution in [0.4, 0.5) is 4.39 Å². The van der Waals surface area contributed by atoms with E-state index in [0.29, 0.717) is 12.8 Å². The second-order valence-corrected chi connectivity index (χ2v) is 3.74. The van der Waals surface area contributed by atoms with Crippen molar-refractivity contribution in [1.82, 2.24) is 0 Å². The van der Waals surface area contributed by atoms with Gasteiger partial charge >= 0.3 is 5.97 Å². The number of halogens is 1. The molecule has 1 atom stereocenters. The number of benzene rings is 1. The Morgan fingerprint density at radius 3 is 2.61 bits per heavy atom. The Morgan fingerprint density at radius 1 is 1.50 bits per heavy atom. The third-order valence-corrected chi connectivity index (χ3v) is 2.31. The van der Waals surface area contributed by atoms with Gasteiger partial charge in [0.15, 0.2) is 6.10 Å². The van der Waals surface area contributed by atoms with Crippen LogP contribution in [0, 0.1) is 5.82 Å². The fourth-order valence-electron chi connectivity index (χ4n) is 1.43. The summed E-state index contributed by atoms with van der Waals surface area (Å²) in [5, 5.41) is 8.88. The number of amides is 1. The van der Waals surface area contributed by atoms with E-state index in [1.54, 1.807) is 0 Å². The molecule has 98 valence electrons. The van der Waals surface area contributed by atoms with Gasteiger partial charge in [-0.1, -0.05) is 13.3 Å². The molecule has 0 radical (unpaired) electrons. The summed E-state index contributed by atoms with van der Waals surface area (Å²) in [7, 11) is 0. The smallest absolute Gasteiger partial charge is 0.344 e. The molecule has 0 bridgehead atoms. The van der Waals surface area contributed by atoms with Crippen LogP contribution in [0.3, 0.4) is 0 Å². The molecule has 1 amide bonds. The number of carbonyl (C=O) groups excluding carboxylic acids is 1.